The number of aromatic hydroxyl groups is 1. The third kappa shape index (κ3) is 1.68. The summed E-state index contributed by atoms with van der Waals surface area (Å²) >= 11 is 6.03. The summed E-state index contributed by atoms with van der Waals surface area (Å²) in [4.78, 5) is 12.1. The van der Waals surface area contributed by atoms with Crippen LogP contribution >= 0.6 is 11.6 Å². The fraction of sp³-hybridized carbons (Fsp3) is 0.0833. The van der Waals surface area contributed by atoms with Crippen LogP contribution in [0.4, 0.5) is 0 Å². The van der Waals surface area contributed by atoms with E-state index in [-0.39, 0.29) is 16.6 Å². The Balaban J connectivity index is 2.44. The summed E-state index contributed by atoms with van der Waals surface area (Å²) in [6.07, 6.45) is 1.20. The number of halogens is 1. The second-order valence-corrected chi connectivity index (χ2v) is 4.38. The monoisotopic (exact) mass is 276 g/mol. The standard InChI is InChI=1S/C12H9ClN4O2/c1-16-12(19)10(9(18)6-14-16)17-8-5-3-2-4-7(8)11(13)15-17/h2-6,18H,1H3. The molecular weight excluding hydrogens is 268 g/mol. The van der Waals surface area contributed by atoms with Crippen LogP contribution in [0.5, 0.6) is 5.75 Å². The molecule has 7 heteroatoms. The molecule has 0 spiro atoms. The number of benzene rings is 1. The van der Waals surface area contributed by atoms with Crippen LogP contribution in [0.3, 0.4) is 0 Å². The minimum absolute atomic E-state index is 0.0283. The van der Waals surface area contributed by atoms with Gasteiger partial charge in [0.15, 0.2) is 16.6 Å². The lowest BCUT2D eigenvalue weighted by Crippen LogP contribution is -2.24. The summed E-state index contributed by atoms with van der Waals surface area (Å²) < 4.78 is 2.45. The smallest absolute Gasteiger partial charge is 0.296 e. The van der Waals surface area contributed by atoms with Crippen LogP contribution in [0, 0.1) is 0 Å². The fourth-order valence-electron chi connectivity index (χ4n) is 1.92. The van der Waals surface area contributed by atoms with Crippen molar-refractivity contribution in [2.24, 2.45) is 7.05 Å². The zero-order valence-electron chi connectivity index (χ0n) is 9.91. The van der Waals surface area contributed by atoms with E-state index in [1.165, 1.54) is 17.9 Å². The van der Waals surface area contributed by atoms with Gasteiger partial charge in [0.1, 0.15) is 0 Å². The number of hydrogen-bond acceptors (Lipinski definition) is 4. The van der Waals surface area contributed by atoms with Gasteiger partial charge in [0, 0.05) is 12.4 Å². The van der Waals surface area contributed by atoms with Crippen molar-refractivity contribution in [2.45, 2.75) is 0 Å². The lowest BCUT2D eigenvalue weighted by Gasteiger charge is -2.06. The Kier molecular flexibility index (Phi) is 2.53. The van der Waals surface area contributed by atoms with E-state index in [0.29, 0.717) is 10.9 Å². The maximum absolute atomic E-state index is 12.1. The highest BCUT2D eigenvalue weighted by Crippen LogP contribution is 2.26. The molecular formula is C12H9ClN4O2. The van der Waals surface area contributed by atoms with Crippen molar-refractivity contribution >= 4 is 22.5 Å². The summed E-state index contributed by atoms with van der Waals surface area (Å²) in [5.41, 5.74) is 0.219. The first-order chi connectivity index (χ1) is 9.09. The van der Waals surface area contributed by atoms with Crippen molar-refractivity contribution in [3.05, 3.63) is 46.0 Å². The Morgan fingerprint density at radius 3 is 2.84 bits per heavy atom. The molecule has 3 aromatic rings. The molecule has 2 aromatic heterocycles. The molecule has 3 rings (SSSR count). The second kappa shape index (κ2) is 4.10. The molecule has 1 N–H and O–H groups in total. The van der Waals surface area contributed by atoms with Crippen molar-refractivity contribution in [3.8, 4) is 11.4 Å². The van der Waals surface area contributed by atoms with Crippen molar-refractivity contribution in [3.63, 3.8) is 0 Å². The lowest BCUT2D eigenvalue weighted by atomic mass is 10.2. The Morgan fingerprint density at radius 2 is 2.05 bits per heavy atom. The molecule has 0 amide bonds. The van der Waals surface area contributed by atoms with E-state index < -0.39 is 5.56 Å². The van der Waals surface area contributed by atoms with Crippen LogP contribution in [0.15, 0.2) is 35.3 Å². The molecule has 0 atom stereocenters. The molecule has 6 nitrogen and oxygen atoms in total. The summed E-state index contributed by atoms with van der Waals surface area (Å²) in [6, 6.07) is 7.20. The predicted octanol–water partition coefficient (Wildman–Crippen LogP) is 1.48. The topological polar surface area (TPSA) is 72.9 Å². The Morgan fingerprint density at radius 1 is 1.32 bits per heavy atom. The van der Waals surface area contributed by atoms with Gasteiger partial charge in [-0.3, -0.25) is 4.79 Å². The normalized spacial score (nSPS) is 11.1. The van der Waals surface area contributed by atoms with Gasteiger partial charge < -0.3 is 5.11 Å². The molecule has 0 aliphatic carbocycles. The van der Waals surface area contributed by atoms with Crippen molar-refractivity contribution < 1.29 is 5.11 Å². The molecule has 0 aliphatic heterocycles. The van der Waals surface area contributed by atoms with Gasteiger partial charge in [0.05, 0.1) is 11.7 Å². The molecule has 0 aliphatic rings. The Labute approximate surface area is 112 Å². The van der Waals surface area contributed by atoms with Crippen LogP contribution in [0.2, 0.25) is 5.15 Å². The van der Waals surface area contributed by atoms with Gasteiger partial charge in [-0.1, -0.05) is 23.7 Å². The summed E-state index contributed by atoms with van der Waals surface area (Å²) in [5.74, 6) is -0.243. The van der Waals surface area contributed by atoms with E-state index in [1.807, 2.05) is 6.07 Å². The molecule has 0 radical (unpaired) electrons. The van der Waals surface area contributed by atoms with E-state index in [4.69, 9.17) is 11.6 Å². The molecule has 96 valence electrons. The lowest BCUT2D eigenvalue weighted by molar-refractivity contribution is 0.459. The van der Waals surface area contributed by atoms with E-state index in [9.17, 15) is 9.90 Å². The zero-order valence-corrected chi connectivity index (χ0v) is 10.7. The van der Waals surface area contributed by atoms with Gasteiger partial charge in [-0.15, -0.1) is 0 Å². The highest BCUT2D eigenvalue weighted by atomic mass is 35.5. The van der Waals surface area contributed by atoms with Crippen LogP contribution in [-0.2, 0) is 7.05 Å². The molecule has 0 unspecified atom stereocenters. The molecule has 0 fully saturated rings. The van der Waals surface area contributed by atoms with Gasteiger partial charge in [0.2, 0.25) is 0 Å². The van der Waals surface area contributed by atoms with Gasteiger partial charge in [-0.25, -0.2) is 9.36 Å². The second-order valence-electron chi connectivity index (χ2n) is 4.03. The Bertz CT molecular complexity index is 837. The Hall–Kier alpha value is -2.34. The van der Waals surface area contributed by atoms with Crippen LogP contribution in [0.1, 0.15) is 0 Å². The number of aryl methyl sites for hydroxylation is 1. The molecule has 2 heterocycles. The fourth-order valence-corrected chi connectivity index (χ4v) is 2.15. The first kappa shape index (κ1) is 11.7. The maximum Gasteiger partial charge on any atom is 0.296 e. The number of hydrogen-bond donors (Lipinski definition) is 1. The minimum atomic E-state index is -0.454. The highest BCUT2D eigenvalue weighted by molar-refractivity contribution is 6.34. The first-order valence-electron chi connectivity index (χ1n) is 5.48. The zero-order chi connectivity index (χ0) is 13.6. The van der Waals surface area contributed by atoms with Crippen LogP contribution < -0.4 is 5.56 Å². The highest BCUT2D eigenvalue weighted by Gasteiger charge is 2.17. The number of aromatic nitrogens is 4. The number of rotatable bonds is 1. The average Bonchev–Trinajstić information content (AvgIpc) is 2.73. The van der Waals surface area contributed by atoms with Crippen LogP contribution in [-0.4, -0.2) is 24.7 Å². The quantitative estimate of drug-likeness (QED) is 0.731. The summed E-state index contributed by atoms with van der Waals surface area (Å²) in [6.45, 7) is 0. The third-order valence-corrected chi connectivity index (χ3v) is 3.13. The maximum atomic E-state index is 12.1. The van der Waals surface area contributed by atoms with E-state index >= 15 is 0 Å². The SMILES string of the molecule is Cn1ncc(O)c(-n2nc(Cl)c3ccccc32)c1=O. The third-order valence-electron chi connectivity index (χ3n) is 2.85. The number of fused-ring (bicyclic) bond motifs is 1. The average molecular weight is 277 g/mol. The van der Waals surface area contributed by atoms with E-state index in [1.54, 1.807) is 18.2 Å². The van der Waals surface area contributed by atoms with Crippen LogP contribution in [0.25, 0.3) is 16.6 Å². The molecule has 0 saturated heterocycles. The summed E-state index contributed by atoms with van der Waals surface area (Å²) in [7, 11) is 1.50. The van der Waals surface area contributed by atoms with Crippen molar-refractivity contribution in [1.29, 1.82) is 0 Å². The van der Waals surface area contributed by atoms with Crippen molar-refractivity contribution in [2.75, 3.05) is 0 Å². The summed E-state index contributed by atoms with van der Waals surface area (Å²) in [5, 5.41) is 18.7. The van der Waals surface area contributed by atoms with Gasteiger partial charge in [-0.2, -0.15) is 10.2 Å². The number of nitrogens with zero attached hydrogens (tertiary/aromatic N) is 4. The molecule has 0 bridgehead atoms. The van der Waals surface area contributed by atoms with Gasteiger partial charge in [0.25, 0.3) is 5.56 Å². The van der Waals surface area contributed by atoms with Gasteiger partial charge >= 0.3 is 0 Å². The predicted molar refractivity (Wildman–Crippen MR) is 70.8 cm³/mol. The van der Waals surface area contributed by atoms with Crippen molar-refractivity contribution in [1.82, 2.24) is 19.6 Å². The van der Waals surface area contributed by atoms with E-state index in [0.717, 1.165) is 4.68 Å². The molecule has 19 heavy (non-hydrogen) atoms. The van der Waals surface area contributed by atoms with E-state index in [2.05, 4.69) is 10.2 Å². The number of para-hydroxylation sites is 1. The van der Waals surface area contributed by atoms with Gasteiger partial charge in [-0.05, 0) is 12.1 Å². The molecule has 0 saturated carbocycles. The first-order valence-corrected chi connectivity index (χ1v) is 5.86. The minimum Gasteiger partial charge on any atom is -0.504 e. The largest absolute Gasteiger partial charge is 0.504 e. The molecule has 1 aromatic carbocycles.